The summed E-state index contributed by atoms with van der Waals surface area (Å²) in [5, 5.41) is 3.89. The molecule has 1 rings (SSSR count). The predicted octanol–water partition coefficient (Wildman–Crippen LogP) is 3.09. The number of benzene rings is 1. The molecular formula is C10H9Cl2NO2. The Labute approximate surface area is 97.6 Å². The molecule has 0 atom stereocenters. The highest BCUT2D eigenvalue weighted by Gasteiger charge is 1.96. The molecule has 0 aliphatic heterocycles. The molecule has 0 amide bonds. The topological polar surface area (TPSA) is 38.3 Å². The van der Waals surface area contributed by atoms with Crippen molar-refractivity contribution >= 4 is 34.9 Å². The first kappa shape index (κ1) is 11.9. The third-order valence-corrected chi connectivity index (χ3v) is 1.97. The lowest BCUT2D eigenvalue weighted by Gasteiger charge is -2.01. The van der Waals surface area contributed by atoms with Crippen molar-refractivity contribution in [2.24, 2.45) is 0 Å². The highest BCUT2D eigenvalue weighted by molar-refractivity contribution is 6.35. The Bertz CT molecular complexity index is 371. The van der Waals surface area contributed by atoms with Crippen LogP contribution in [0.4, 0.5) is 5.69 Å². The van der Waals surface area contributed by atoms with Crippen molar-refractivity contribution in [3.05, 3.63) is 40.5 Å². The minimum Gasteiger partial charge on any atom is -0.466 e. The summed E-state index contributed by atoms with van der Waals surface area (Å²) in [7, 11) is 1.31. The van der Waals surface area contributed by atoms with Crippen molar-refractivity contribution in [3.8, 4) is 0 Å². The smallest absolute Gasteiger partial charge is 0.331 e. The molecular weight excluding hydrogens is 237 g/mol. The van der Waals surface area contributed by atoms with Crippen LogP contribution in [0.1, 0.15) is 0 Å². The zero-order valence-corrected chi connectivity index (χ0v) is 9.47. The highest BCUT2D eigenvalue weighted by atomic mass is 35.5. The molecule has 0 fully saturated rings. The SMILES string of the molecule is COC(=O)/C=C/Nc1cc(Cl)cc(Cl)c1. The summed E-state index contributed by atoms with van der Waals surface area (Å²) in [6.45, 7) is 0. The molecule has 0 saturated heterocycles. The van der Waals surface area contributed by atoms with Crippen LogP contribution < -0.4 is 5.32 Å². The monoisotopic (exact) mass is 245 g/mol. The van der Waals surface area contributed by atoms with Gasteiger partial charge in [0.15, 0.2) is 0 Å². The van der Waals surface area contributed by atoms with Gasteiger partial charge >= 0.3 is 5.97 Å². The van der Waals surface area contributed by atoms with Gasteiger partial charge in [-0.25, -0.2) is 4.79 Å². The number of esters is 1. The van der Waals surface area contributed by atoms with E-state index in [-0.39, 0.29) is 0 Å². The van der Waals surface area contributed by atoms with E-state index in [1.54, 1.807) is 18.2 Å². The van der Waals surface area contributed by atoms with Crippen molar-refractivity contribution in [2.45, 2.75) is 0 Å². The maximum absolute atomic E-state index is 10.7. The summed E-state index contributed by atoms with van der Waals surface area (Å²) in [5.74, 6) is -0.435. The Hall–Kier alpha value is -1.19. The van der Waals surface area contributed by atoms with Crippen LogP contribution in [0.3, 0.4) is 0 Å². The largest absolute Gasteiger partial charge is 0.466 e. The van der Waals surface area contributed by atoms with Crippen molar-refractivity contribution in [1.29, 1.82) is 0 Å². The van der Waals surface area contributed by atoms with Crippen LogP contribution in [0.15, 0.2) is 30.5 Å². The molecule has 0 unspecified atom stereocenters. The molecule has 0 radical (unpaired) electrons. The fourth-order valence-electron chi connectivity index (χ4n) is 0.911. The van der Waals surface area contributed by atoms with Crippen LogP contribution in [0.5, 0.6) is 0 Å². The number of hydrogen-bond donors (Lipinski definition) is 1. The average molecular weight is 246 g/mol. The van der Waals surface area contributed by atoms with E-state index in [4.69, 9.17) is 23.2 Å². The van der Waals surface area contributed by atoms with Crippen molar-refractivity contribution in [2.75, 3.05) is 12.4 Å². The third kappa shape index (κ3) is 4.23. The van der Waals surface area contributed by atoms with Crippen LogP contribution in [-0.4, -0.2) is 13.1 Å². The second-order valence-electron chi connectivity index (χ2n) is 2.66. The minimum absolute atomic E-state index is 0.435. The van der Waals surface area contributed by atoms with Crippen LogP contribution in [0.25, 0.3) is 0 Å². The standard InChI is InChI=1S/C10H9Cl2NO2/c1-15-10(14)2-3-13-9-5-7(11)4-8(12)6-9/h2-6,13H,1H3/b3-2+. The van der Waals surface area contributed by atoms with Crippen molar-refractivity contribution < 1.29 is 9.53 Å². The molecule has 15 heavy (non-hydrogen) atoms. The van der Waals surface area contributed by atoms with Gasteiger partial charge in [0.1, 0.15) is 0 Å². The first-order valence-electron chi connectivity index (χ1n) is 4.09. The molecule has 1 aromatic carbocycles. The first-order valence-corrected chi connectivity index (χ1v) is 4.84. The molecule has 1 N–H and O–H groups in total. The van der Waals surface area contributed by atoms with Gasteiger partial charge in [0.25, 0.3) is 0 Å². The van der Waals surface area contributed by atoms with Crippen LogP contribution in [0.2, 0.25) is 10.0 Å². The Balaban J connectivity index is 2.65. The molecule has 80 valence electrons. The van der Waals surface area contributed by atoms with Gasteiger partial charge in [-0.15, -0.1) is 0 Å². The summed E-state index contributed by atoms with van der Waals surface area (Å²) >= 11 is 11.6. The first-order chi connectivity index (χ1) is 7.11. The van der Waals surface area contributed by atoms with Crippen LogP contribution >= 0.6 is 23.2 Å². The fraction of sp³-hybridized carbons (Fsp3) is 0.100. The summed E-state index contributed by atoms with van der Waals surface area (Å²) in [4.78, 5) is 10.7. The summed E-state index contributed by atoms with van der Waals surface area (Å²) in [6.07, 6.45) is 2.71. The van der Waals surface area contributed by atoms with E-state index in [0.717, 1.165) is 0 Å². The van der Waals surface area contributed by atoms with E-state index in [1.165, 1.54) is 19.4 Å². The van der Waals surface area contributed by atoms with E-state index in [2.05, 4.69) is 10.1 Å². The lowest BCUT2D eigenvalue weighted by molar-refractivity contribution is -0.134. The molecule has 3 nitrogen and oxygen atoms in total. The number of anilines is 1. The van der Waals surface area contributed by atoms with Gasteiger partial charge in [-0.2, -0.15) is 0 Å². The lowest BCUT2D eigenvalue weighted by atomic mass is 10.3. The summed E-state index contributed by atoms with van der Waals surface area (Å²) in [5.41, 5.74) is 0.702. The Morgan fingerprint density at radius 3 is 2.47 bits per heavy atom. The van der Waals surface area contributed by atoms with Crippen LogP contribution in [0, 0.1) is 0 Å². The molecule has 0 saturated carbocycles. The minimum atomic E-state index is -0.435. The van der Waals surface area contributed by atoms with E-state index in [0.29, 0.717) is 15.7 Å². The number of carbonyl (C=O) groups excluding carboxylic acids is 1. The molecule has 0 spiro atoms. The molecule has 0 aliphatic rings. The number of methoxy groups -OCH3 is 1. The fourth-order valence-corrected chi connectivity index (χ4v) is 1.44. The third-order valence-electron chi connectivity index (χ3n) is 1.53. The van der Waals surface area contributed by atoms with Gasteiger partial charge in [-0.3, -0.25) is 0 Å². The molecule has 0 aromatic heterocycles. The van der Waals surface area contributed by atoms with Gasteiger partial charge in [-0.1, -0.05) is 23.2 Å². The van der Waals surface area contributed by atoms with Crippen molar-refractivity contribution in [3.63, 3.8) is 0 Å². The average Bonchev–Trinajstić information content (AvgIpc) is 2.16. The molecule has 0 heterocycles. The zero-order valence-electron chi connectivity index (χ0n) is 7.96. The second-order valence-corrected chi connectivity index (χ2v) is 3.53. The quantitative estimate of drug-likeness (QED) is 0.657. The van der Waals surface area contributed by atoms with Gasteiger partial charge < -0.3 is 10.1 Å². The van der Waals surface area contributed by atoms with Gasteiger partial charge in [0, 0.05) is 28.0 Å². The summed E-state index contributed by atoms with van der Waals surface area (Å²) < 4.78 is 4.42. The van der Waals surface area contributed by atoms with E-state index in [9.17, 15) is 4.79 Å². The van der Waals surface area contributed by atoms with Gasteiger partial charge in [-0.05, 0) is 18.2 Å². The summed E-state index contributed by atoms with van der Waals surface area (Å²) in [6, 6.07) is 5.00. The van der Waals surface area contributed by atoms with Gasteiger partial charge in [0.05, 0.1) is 7.11 Å². The van der Waals surface area contributed by atoms with E-state index >= 15 is 0 Å². The number of halogens is 2. The predicted molar refractivity (Wildman–Crippen MR) is 61.2 cm³/mol. The number of nitrogens with one attached hydrogen (secondary N) is 1. The molecule has 0 aliphatic carbocycles. The molecule has 1 aromatic rings. The number of rotatable bonds is 3. The maximum Gasteiger partial charge on any atom is 0.331 e. The number of carbonyl (C=O) groups is 1. The molecule has 5 heteroatoms. The molecule has 0 bridgehead atoms. The van der Waals surface area contributed by atoms with Crippen molar-refractivity contribution in [1.82, 2.24) is 0 Å². The normalized spacial score (nSPS) is 10.3. The number of hydrogen-bond acceptors (Lipinski definition) is 3. The number of ether oxygens (including phenoxy) is 1. The van der Waals surface area contributed by atoms with E-state index in [1.807, 2.05) is 0 Å². The lowest BCUT2D eigenvalue weighted by Crippen LogP contribution is -1.96. The Morgan fingerprint density at radius 1 is 1.33 bits per heavy atom. The van der Waals surface area contributed by atoms with Crippen LogP contribution in [-0.2, 0) is 9.53 Å². The Kier molecular flexibility index (Phi) is 4.46. The maximum atomic E-state index is 10.7. The Morgan fingerprint density at radius 2 is 1.93 bits per heavy atom. The highest BCUT2D eigenvalue weighted by Crippen LogP contribution is 2.22. The zero-order chi connectivity index (χ0) is 11.3. The second kappa shape index (κ2) is 5.63. The van der Waals surface area contributed by atoms with Gasteiger partial charge in [0.2, 0.25) is 0 Å². The van der Waals surface area contributed by atoms with E-state index < -0.39 is 5.97 Å².